The zero-order valence-electron chi connectivity index (χ0n) is 22.7. The van der Waals surface area contributed by atoms with Crippen molar-refractivity contribution in [2.75, 3.05) is 0 Å². The topological polar surface area (TPSA) is 80.6 Å². The number of alkyl halides is 3. The molecule has 2 aliphatic rings. The van der Waals surface area contributed by atoms with Gasteiger partial charge in [-0.1, -0.05) is 12.1 Å². The summed E-state index contributed by atoms with van der Waals surface area (Å²) < 4.78 is 60.3. The monoisotopic (exact) mass is 566 g/mol. The van der Waals surface area contributed by atoms with Gasteiger partial charge < -0.3 is 14.5 Å². The van der Waals surface area contributed by atoms with Crippen molar-refractivity contribution in [1.29, 1.82) is 5.41 Å². The lowest BCUT2D eigenvalue weighted by Crippen LogP contribution is -2.30. The van der Waals surface area contributed by atoms with E-state index in [-0.39, 0.29) is 41.0 Å². The van der Waals surface area contributed by atoms with Gasteiger partial charge in [-0.15, -0.1) is 0 Å². The number of imidazole rings is 1. The van der Waals surface area contributed by atoms with Gasteiger partial charge in [0.15, 0.2) is 5.69 Å². The number of hydrogen-bond donors (Lipinski definition) is 2. The third kappa shape index (κ3) is 5.57. The number of nitrogens with zero attached hydrogens (tertiary/aromatic N) is 4. The van der Waals surface area contributed by atoms with Crippen LogP contribution in [0.15, 0.2) is 55.0 Å². The van der Waals surface area contributed by atoms with Crippen LogP contribution in [0.3, 0.4) is 0 Å². The van der Waals surface area contributed by atoms with E-state index in [9.17, 15) is 22.4 Å². The molecular formula is C30H30F4N6O. The van der Waals surface area contributed by atoms with Crippen LogP contribution in [-0.2, 0) is 19.8 Å². The predicted octanol–water partition coefficient (Wildman–Crippen LogP) is 5.90. The van der Waals surface area contributed by atoms with Crippen molar-refractivity contribution in [3.05, 3.63) is 94.4 Å². The van der Waals surface area contributed by atoms with Gasteiger partial charge >= 0.3 is 6.18 Å². The number of carbonyl (C=O) groups is 1. The minimum Gasteiger partial charge on any atom is -0.345 e. The molecule has 2 heterocycles. The van der Waals surface area contributed by atoms with E-state index in [0.717, 1.165) is 35.9 Å². The van der Waals surface area contributed by atoms with E-state index in [0.29, 0.717) is 22.8 Å². The molecular weight excluding hydrogens is 536 g/mol. The van der Waals surface area contributed by atoms with E-state index < -0.39 is 17.8 Å². The fourth-order valence-corrected chi connectivity index (χ4v) is 5.38. The maximum Gasteiger partial charge on any atom is 0.435 e. The van der Waals surface area contributed by atoms with Gasteiger partial charge in [-0.2, -0.15) is 18.3 Å². The fourth-order valence-electron chi connectivity index (χ4n) is 5.38. The molecule has 2 N–H and O–H groups in total. The highest BCUT2D eigenvalue weighted by Crippen LogP contribution is 2.42. The number of carbonyl (C=O) groups excluding carboxylic acids is 1. The molecule has 2 aliphatic carbocycles. The summed E-state index contributed by atoms with van der Waals surface area (Å²) in [5, 5.41) is 15.3. The van der Waals surface area contributed by atoms with Crippen LogP contribution in [0.25, 0.3) is 11.1 Å². The highest BCUT2D eigenvalue weighted by molar-refractivity contribution is 5.96. The highest BCUT2D eigenvalue weighted by atomic mass is 19.4. The molecule has 11 heteroatoms. The first-order valence-corrected chi connectivity index (χ1v) is 13.6. The van der Waals surface area contributed by atoms with E-state index in [4.69, 9.17) is 5.41 Å². The highest BCUT2D eigenvalue weighted by Gasteiger charge is 2.38. The number of aromatic nitrogens is 4. The molecule has 214 valence electrons. The first-order chi connectivity index (χ1) is 19.5. The van der Waals surface area contributed by atoms with E-state index >= 15 is 0 Å². The van der Waals surface area contributed by atoms with Crippen molar-refractivity contribution in [2.45, 2.75) is 57.4 Å². The number of nitrogens with one attached hydrogen (secondary N) is 2. The average Bonchev–Trinajstić information content (AvgIpc) is 3.85. The summed E-state index contributed by atoms with van der Waals surface area (Å²) in [5.41, 5.74) is 1.39. The zero-order chi connectivity index (χ0) is 29.1. The van der Waals surface area contributed by atoms with E-state index in [1.165, 1.54) is 25.4 Å². The largest absolute Gasteiger partial charge is 0.435 e. The number of benzene rings is 2. The van der Waals surface area contributed by atoms with Crippen LogP contribution in [0, 0.1) is 24.1 Å². The standard InChI is InChI=1S/C30H30F4N6O/c1-17-11-20(5-8-25(17)31)26(19-3-4-19)36-28(41)22-13-18(15-39-9-10-40(29(39)35)23-6-7-23)12-21(14-22)24-16-38(2)37-27(24)30(32,33)34/h5,8-14,16,19,23,26,35H,3-4,6-7,15H2,1-2H3,(H,36,41). The maximum atomic E-state index is 13.9. The minimum absolute atomic E-state index is 0.129. The van der Waals surface area contributed by atoms with E-state index in [1.807, 2.05) is 10.8 Å². The SMILES string of the molecule is Cc1cc(C(NC(=O)c2cc(Cn3ccn(C4CC4)c3=N)cc(-c3cn(C)nc3C(F)(F)F)c2)C2CC2)ccc1F. The Hall–Kier alpha value is -4.15. The Labute approximate surface area is 233 Å². The van der Waals surface area contributed by atoms with Crippen LogP contribution in [0.5, 0.6) is 0 Å². The number of amides is 1. The molecule has 41 heavy (non-hydrogen) atoms. The van der Waals surface area contributed by atoms with Crippen molar-refractivity contribution in [3.63, 3.8) is 0 Å². The number of rotatable bonds is 8. The van der Waals surface area contributed by atoms with Crippen LogP contribution >= 0.6 is 0 Å². The number of halogens is 4. The third-order valence-electron chi connectivity index (χ3n) is 7.80. The molecule has 1 amide bonds. The normalized spacial score (nSPS) is 16.1. The predicted molar refractivity (Wildman–Crippen MR) is 143 cm³/mol. The van der Waals surface area contributed by atoms with Gasteiger partial charge in [0.05, 0.1) is 12.6 Å². The van der Waals surface area contributed by atoms with Gasteiger partial charge in [-0.3, -0.25) is 14.9 Å². The van der Waals surface area contributed by atoms with Gasteiger partial charge in [-0.05, 0) is 85.0 Å². The third-order valence-corrected chi connectivity index (χ3v) is 7.80. The van der Waals surface area contributed by atoms with Crippen LogP contribution in [0.2, 0.25) is 0 Å². The van der Waals surface area contributed by atoms with Crippen molar-refractivity contribution in [2.24, 2.45) is 13.0 Å². The average molecular weight is 567 g/mol. The molecule has 0 aliphatic heterocycles. The maximum absolute atomic E-state index is 13.9. The van der Waals surface area contributed by atoms with Crippen LogP contribution in [-0.4, -0.2) is 24.8 Å². The van der Waals surface area contributed by atoms with E-state index in [2.05, 4.69) is 10.4 Å². The summed E-state index contributed by atoms with van der Waals surface area (Å²) in [6, 6.07) is 9.45. The molecule has 4 aromatic rings. The smallest absolute Gasteiger partial charge is 0.345 e. The Bertz CT molecular complexity index is 1690. The van der Waals surface area contributed by atoms with Gasteiger partial charge in [0, 0.05) is 42.8 Å². The second-order valence-electron chi connectivity index (χ2n) is 11.2. The van der Waals surface area contributed by atoms with Crippen molar-refractivity contribution < 1.29 is 22.4 Å². The van der Waals surface area contributed by atoms with Crippen molar-refractivity contribution in [3.8, 4) is 11.1 Å². The van der Waals surface area contributed by atoms with Crippen molar-refractivity contribution in [1.82, 2.24) is 24.2 Å². The summed E-state index contributed by atoms with van der Waals surface area (Å²) >= 11 is 0. The Morgan fingerprint density at radius 2 is 1.88 bits per heavy atom. The molecule has 2 aromatic heterocycles. The van der Waals surface area contributed by atoms with Gasteiger partial charge in [-0.25, -0.2) is 4.39 Å². The lowest BCUT2D eigenvalue weighted by Gasteiger charge is -2.20. The van der Waals surface area contributed by atoms with Crippen LogP contribution < -0.4 is 10.9 Å². The minimum atomic E-state index is -4.68. The lowest BCUT2D eigenvalue weighted by atomic mass is 9.97. The second kappa shape index (κ2) is 10.0. The Balaban J connectivity index is 1.39. The molecule has 0 radical (unpaired) electrons. The summed E-state index contributed by atoms with van der Waals surface area (Å²) in [4.78, 5) is 13.7. The summed E-state index contributed by atoms with van der Waals surface area (Å²) in [6.07, 6.45) is 4.08. The number of hydrogen-bond acceptors (Lipinski definition) is 3. The molecule has 2 aromatic carbocycles. The molecule has 2 fully saturated rings. The zero-order valence-corrected chi connectivity index (χ0v) is 22.7. The fraction of sp³-hybridized carbons (Fsp3) is 0.367. The van der Waals surface area contributed by atoms with Gasteiger partial charge in [0.25, 0.3) is 5.91 Å². The molecule has 6 rings (SSSR count). The van der Waals surface area contributed by atoms with Gasteiger partial charge in [0.1, 0.15) is 5.82 Å². The lowest BCUT2D eigenvalue weighted by molar-refractivity contribution is -0.140. The quantitative estimate of drug-likeness (QED) is 0.261. The summed E-state index contributed by atoms with van der Waals surface area (Å²) in [7, 11) is 1.42. The summed E-state index contributed by atoms with van der Waals surface area (Å²) in [5.74, 6) is -0.563. The Kier molecular flexibility index (Phi) is 6.62. The molecule has 1 unspecified atom stereocenters. The molecule has 0 bridgehead atoms. The van der Waals surface area contributed by atoms with Crippen LogP contribution in [0.1, 0.15) is 70.5 Å². The van der Waals surface area contributed by atoms with E-state index in [1.54, 1.807) is 42.0 Å². The Morgan fingerprint density at radius 1 is 1.12 bits per heavy atom. The second-order valence-corrected chi connectivity index (χ2v) is 11.2. The van der Waals surface area contributed by atoms with Crippen LogP contribution in [0.4, 0.5) is 17.6 Å². The molecule has 7 nitrogen and oxygen atoms in total. The molecule has 0 saturated heterocycles. The van der Waals surface area contributed by atoms with Crippen molar-refractivity contribution >= 4 is 5.91 Å². The van der Waals surface area contributed by atoms with Gasteiger partial charge in [0.2, 0.25) is 5.62 Å². The Morgan fingerprint density at radius 3 is 2.54 bits per heavy atom. The molecule has 0 spiro atoms. The summed E-state index contributed by atoms with van der Waals surface area (Å²) in [6.45, 7) is 1.87. The first-order valence-electron chi connectivity index (χ1n) is 13.6. The number of aryl methyl sites for hydroxylation is 2. The molecule has 2 saturated carbocycles. The molecule has 1 atom stereocenters. The first kappa shape index (κ1) is 27.0.